The number of hydrogen-bond donors (Lipinski definition) is 1. The number of carbonyl (C=O) groups is 1. The lowest BCUT2D eigenvalue weighted by molar-refractivity contribution is 0.168. The number of benzene rings is 2. The molecule has 3 rings (SSSR count). The van der Waals surface area contributed by atoms with E-state index in [2.05, 4.69) is 93.2 Å². The Labute approximate surface area is 186 Å². The molecule has 0 bridgehead atoms. The number of amides is 2. The number of nitrogens with zero attached hydrogens (tertiary/aromatic N) is 2. The highest BCUT2D eigenvalue weighted by Crippen LogP contribution is 2.21. The van der Waals surface area contributed by atoms with Gasteiger partial charge in [-0.25, -0.2) is 4.79 Å². The Morgan fingerprint density at radius 2 is 1.71 bits per heavy atom. The Morgan fingerprint density at radius 3 is 2.39 bits per heavy atom. The van der Waals surface area contributed by atoms with Crippen LogP contribution in [0, 0.1) is 26.7 Å². The molecule has 0 saturated carbocycles. The molecule has 2 amide bonds. The third-order valence-electron chi connectivity index (χ3n) is 6.03. The molecule has 0 saturated heterocycles. The van der Waals surface area contributed by atoms with Gasteiger partial charge in [-0.15, -0.1) is 0 Å². The first-order chi connectivity index (χ1) is 14.7. The maximum absolute atomic E-state index is 13.3. The van der Waals surface area contributed by atoms with Crippen LogP contribution in [0.1, 0.15) is 48.7 Å². The fourth-order valence-electron chi connectivity index (χ4n) is 3.83. The standard InChI is InChI=1S/C27H35N3O/c1-19(2)23(6)30(27(31)28-26-13-12-21(4)15-22(26)5)18-25-11-8-14-29(25)17-24-10-7-9-20(3)16-24/h7-16,19,23H,17-18H2,1-6H3,(H,28,31). The van der Waals surface area contributed by atoms with Crippen molar-refractivity contribution >= 4 is 11.7 Å². The highest BCUT2D eigenvalue weighted by atomic mass is 16.2. The second-order valence-electron chi connectivity index (χ2n) is 8.98. The number of aromatic nitrogens is 1. The number of anilines is 1. The molecule has 0 radical (unpaired) electrons. The largest absolute Gasteiger partial charge is 0.345 e. The lowest BCUT2D eigenvalue weighted by Crippen LogP contribution is -2.43. The lowest BCUT2D eigenvalue weighted by atomic mass is 10.0. The summed E-state index contributed by atoms with van der Waals surface area (Å²) >= 11 is 0. The average molecular weight is 418 g/mol. The molecular weight excluding hydrogens is 382 g/mol. The van der Waals surface area contributed by atoms with Crippen molar-refractivity contribution < 1.29 is 4.79 Å². The van der Waals surface area contributed by atoms with Crippen LogP contribution in [-0.2, 0) is 13.1 Å². The molecule has 1 N–H and O–H groups in total. The van der Waals surface area contributed by atoms with Crippen LogP contribution in [0.2, 0.25) is 0 Å². The third kappa shape index (κ3) is 5.78. The van der Waals surface area contributed by atoms with Crippen molar-refractivity contribution in [1.29, 1.82) is 0 Å². The molecular formula is C27H35N3O. The average Bonchev–Trinajstić information content (AvgIpc) is 3.14. The van der Waals surface area contributed by atoms with Gasteiger partial charge in [0.2, 0.25) is 0 Å². The molecule has 0 aliphatic heterocycles. The van der Waals surface area contributed by atoms with Gasteiger partial charge in [0.15, 0.2) is 0 Å². The van der Waals surface area contributed by atoms with Crippen LogP contribution in [0.4, 0.5) is 10.5 Å². The number of urea groups is 1. The molecule has 164 valence electrons. The van der Waals surface area contributed by atoms with Crippen LogP contribution >= 0.6 is 0 Å². The fraction of sp³-hybridized carbons (Fsp3) is 0.370. The molecule has 0 aliphatic carbocycles. The van der Waals surface area contributed by atoms with Gasteiger partial charge >= 0.3 is 6.03 Å². The molecule has 1 atom stereocenters. The van der Waals surface area contributed by atoms with Crippen molar-refractivity contribution in [3.63, 3.8) is 0 Å². The van der Waals surface area contributed by atoms with Crippen LogP contribution in [0.15, 0.2) is 60.8 Å². The molecule has 4 heteroatoms. The van der Waals surface area contributed by atoms with E-state index in [1.165, 1.54) is 16.7 Å². The van der Waals surface area contributed by atoms with Crippen molar-refractivity contribution in [3.05, 3.63) is 88.7 Å². The number of carbonyl (C=O) groups excluding carboxylic acids is 1. The Balaban J connectivity index is 1.82. The van der Waals surface area contributed by atoms with Gasteiger partial charge < -0.3 is 14.8 Å². The minimum atomic E-state index is -0.0588. The topological polar surface area (TPSA) is 37.3 Å². The monoisotopic (exact) mass is 417 g/mol. The van der Waals surface area contributed by atoms with Crippen LogP contribution in [0.25, 0.3) is 0 Å². The summed E-state index contributed by atoms with van der Waals surface area (Å²) in [5.74, 6) is 0.352. The van der Waals surface area contributed by atoms with Gasteiger partial charge in [-0.1, -0.05) is 61.4 Å². The van der Waals surface area contributed by atoms with E-state index in [9.17, 15) is 4.79 Å². The zero-order valence-electron chi connectivity index (χ0n) is 19.6. The highest BCUT2D eigenvalue weighted by Gasteiger charge is 2.24. The second kappa shape index (κ2) is 9.86. The summed E-state index contributed by atoms with van der Waals surface area (Å²) in [7, 11) is 0. The molecule has 1 unspecified atom stereocenters. The van der Waals surface area contributed by atoms with Crippen molar-refractivity contribution in [2.24, 2.45) is 5.92 Å². The van der Waals surface area contributed by atoms with E-state index < -0.39 is 0 Å². The molecule has 1 heterocycles. The van der Waals surface area contributed by atoms with Gasteiger partial charge in [0, 0.05) is 30.2 Å². The summed E-state index contributed by atoms with van der Waals surface area (Å²) in [6, 6.07) is 18.9. The van der Waals surface area contributed by atoms with E-state index in [0.717, 1.165) is 23.5 Å². The summed E-state index contributed by atoms with van der Waals surface area (Å²) in [5.41, 5.74) is 6.79. The molecule has 4 nitrogen and oxygen atoms in total. The van der Waals surface area contributed by atoms with Crippen molar-refractivity contribution in [2.45, 2.75) is 60.7 Å². The van der Waals surface area contributed by atoms with Gasteiger partial charge in [-0.2, -0.15) is 0 Å². The first-order valence-electron chi connectivity index (χ1n) is 11.1. The molecule has 1 aromatic heterocycles. The predicted molar refractivity (Wildman–Crippen MR) is 129 cm³/mol. The van der Waals surface area contributed by atoms with E-state index in [-0.39, 0.29) is 12.1 Å². The SMILES string of the molecule is Cc1cccc(Cn2cccc2CN(C(=O)Nc2ccc(C)cc2C)C(C)C(C)C)c1. The zero-order valence-corrected chi connectivity index (χ0v) is 19.6. The lowest BCUT2D eigenvalue weighted by Gasteiger charge is -2.32. The van der Waals surface area contributed by atoms with Gasteiger partial charge in [0.05, 0.1) is 6.54 Å². The van der Waals surface area contributed by atoms with E-state index in [0.29, 0.717) is 12.5 Å². The second-order valence-corrected chi connectivity index (χ2v) is 8.98. The zero-order chi connectivity index (χ0) is 22.5. The van der Waals surface area contributed by atoms with Crippen LogP contribution in [0.5, 0.6) is 0 Å². The Bertz CT molecular complexity index is 1030. The molecule has 0 fully saturated rings. The molecule has 0 spiro atoms. The van der Waals surface area contributed by atoms with Gasteiger partial charge in [0.25, 0.3) is 0 Å². The van der Waals surface area contributed by atoms with Crippen LogP contribution in [-0.4, -0.2) is 21.5 Å². The molecule has 0 aliphatic rings. The van der Waals surface area contributed by atoms with E-state index in [4.69, 9.17) is 0 Å². The smallest absolute Gasteiger partial charge is 0.322 e. The summed E-state index contributed by atoms with van der Waals surface area (Å²) < 4.78 is 2.24. The highest BCUT2D eigenvalue weighted by molar-refractivity contribution is 5.90. The summed E-state index contributed by atoms with van der Waals surface area (Å²) in [5, 5.41) is 3.14. The van der Waals surface area contributed by atoms with Gasteiger partial charge in [0.1, 0.15) is 0 Å². The normalized spacial score (nSPS) is 12.1. The first-order valence-corrected chi connectivity index (χ1v) is 11.1. The number of rotatable bonds is 7. The Morgan fingerprint density at radius 1 is 0.968 bits per heavy atom. The fourth-order valence-corrected chi connectivity index (χ4v) is 3.83. The van der Waals surface area contributed by atoms with Crippen molar-refractivity contribution in [1.82, 2.24) is 9.47 Å². The van der Waals surface area contributed by atoms with E-state index >= 15 is 0 Å². The van der Waals surface area contributed by atoms with Crippen LogP contribution < -0.4 is 5.32 Å². The predicted octanol–water partition coefficient (Wildman–Crippen LogP) is 6.54. The van der Waals surface area contributed by atoms with E-state index in [1.54, 1.807) is 0 Å². The van der Waals surface area contributed by atoms with Gasteiger partial charge in [-0.3, -0.25) is 0 Å². The molecule has 3 aromatic rings. The summed E-state index contributed by atoms with van der Waals surface area (Å²) in [6.07, 6.45) is 2.10. The van der Waals surface area contributed by atoms with Crippen molar-refractivity contribution in [2.75, 3.05) is 5.32 Å². The minimum absolute atomic E-state index is 0.0588. The van der Waals surface area contributed by atoms with Gasteiger partial charge in [-0.05, 0) is 62.9 Å². The maximum atomic E-state index is 13.3. The van der Waals surface area contributed by atoms with E-state index in [1.807, 2.05) is 24.0 Å². The summed E-state index contributed by atoms with van der Waals surface area (Å²) in [4.78, 5) is 15.3. The third-order valence-corrected chi connectivity index (χ3v) is 6.03. The first kappa shape index (κ1) is 22.7. The molecule has 31 heavy (non-hydrogen) atoms. The minimum Gasteiger partial charge on any atom is -0.345 e. The van der Waals surface area contributed by atoms with Crippen LogP contribution in [0.3, 0.4) is 0 Å². The molecule has 2 aromatic carbocycles. The number of hydrogen-bond acceptors (Lipinski definition) is 1. The quantitative estimate of drug-likeness (QED) is 0.465. The maximum Gasteiger partial charge on any atom is 0.322 e. The Hall–Kier alpha value is -3.01. The number of nitrogens with one attached hydrogen (secondary N) is 1. The Kier molecular flexibility index (Phi) is 7.21. The van der Waals surface area contributed by atoms with Crippen molar-refractivity contribution in [3.8, 4) is 0 Å². The number of aryl methyl sites for hydroxylation is 3. The summed E-state index contributed by atoms with van der Waals surface area (Å²) in [6.45, 7) is 14.0.